The number of anilines is 1. The first-order valence-corrected chi connectivity index (χ1v) is 7.43. The van der Waals surface area contributed by atoms with E-state index in [1.54, 1.807) is 30.5 Å². The quantitative estimate of drug-likeness (QED) is 0.621. The third-order valence-corrected chi connectivity index (χ3v) is 3.50. The van der Waals surface area contributed by atoms with Crippen LogP contribution in [0, 0.1) is 0 Å². The lowest BCUT2D eigenvalue weighted by atomic mass is 10.2. The van der Waals surface area contributed by atoms with Gasteiger partial charge in [0.15, 0.2) is 5.76 Å². The zero-order valence-corrected chi connectivity index (χ0v) is 12.6. The number of benzene rings is 1. The zero-order chi connectivity index (χ0) is 16.4. The number of rotatable bonds is 4. The van der Waals surface area contributed by atoms with E-state index in [2.05, 4.69) is 15.5 Å². The van der Waals surface area contributed by atoms with Gasteiger partial charge in [-0.15, -0.1) is 0 Å². The number of hydrogen-bond donors (Lipinski definition) is 1. The topological polar surface area (TPSA) is 81.2 Å². The number of pyridine rings is 1. The van der Waals surface area contributed by atoms with Crippen molar-refractivity contribution in [2.75, 3.05) is 5.32 Å². The van der Waals surface area contributed by atoms with Crippen LogP contribution in [-0.2, 0) is 11.2 Å². The van der Waals surface area contributed by atoms with Gasteiger partial charge in [-0.25, -0.2) is 4.98 Å². The van der Waals surface area contributed by atoms with E-state index in [9.17, 15) is 4.79 Å². The van der Waals surface area contributed by atoms with Crippen LogP contribution >= 0.6 is 0 Å². The molecule has 3 heterocycles. The summed E-state index contributed by atoms with van der Waals surface area (Å²) in [5, 5.41) is 7.62. The third kappa shape index (κ3) is 2.89. The Labute approximate surface area is 137 Å². The van der Waals surface area contributed by atoms with Crippen molar-refractivity contribution >= 4 is 22.7 Å². The Hall–Kier alpha value is -3.41. The smallest absolute Gasteiger partial charge is 0.231 e. The summed E-state index contributed by atoms with van der Waals surface area (Å²) in [5.74, 6) is 1.37. The third-order valence-electron chi connectivity index (χ3n) is 3.50. The van der Waals surface area contributed by atoms with E-state index in [-0.39, 0.29) is 12.3 Å². The minimum atomic E-state index is -0.210. The number of para-hydroxylation sites is 1. The maximum atomic E-state index is 12.0. The molecule has 6 heteroatoms. The summed E-state index contributed by atoms with van der Waals surface area (Å²) < 4.78 is 11.0. The van der Waals surface area contributed by atoms with Crippen molar-refractivity contribution < 1.29 is 13.7 Å². The highest BCUT2D eigenvalue weighted by atomic mass is 16.5. The van der Waals surface area contributed by atoms with E-state index in [0.29, 0.717) is 23.0 Å². The number of nitrogens with zero attached hydrogens (tertiary/aromatic N) is 2. The molecule has 0 saturated heterocycles. The number of furan rings is 1. The van der Waals surface area contributed by atoms with Crippen LogP contribution < -0.4 is 5.32 Å². The van der Waals surface area contributed by atoms with Crippen LogP contribution in [0.2, 0.25) is 0 Å². The van der Waals surface area contributed by atoms with Crippen molar-refractivity contribution in [2.24, 2.45) is 0 Å². The monoisotopic (exact) mass is 319 g/mol. The molecule has 0 radical (unpaired) electrons. The number of carbonyl (C=O) groups excluding carboxylic acids is 1. The van der Waals surface area contributed by atoms with Crippen molar-refractivity contribution in [3.05, 3.63) is 66.5 Å². The van der Waals surface area contributed by atoms with Gasteiger partial charge in [0.05, 0.1) is 12.1 Å². The minimum Gasteiger partial charge on any atom is -0.453 e. The van der Waals surface area contributed by atoms with Gasteiger partial charge in [-0.05, 0) is 24.3 Å². The Bertz CT molecular complexity index is 956. The van der Waals surface area contributed by atoms with Crippen molar-refractivity contribution in [3.8, 4) is 11.5 Å². The SMILES string of the molecule is O=C(Cc1cc(-c2cc3ccccc3o2)on1)Nc1ccccn1. The molecular formula is C18H13N3O3. The summed E-state index contributed by atoms with van der Waals surface area (Å²) in [6.45, 7) is 0. The van der Waals surface area contributed by atoms with Crippen LogP contribution in [0.15, 0.2) is 69.7 Å². The summed E-state index contributed by atoms with van der Waals surface area (Å²) in [6.07, 6.45) is 1.71. The van der Waals surface area contributed by atoms with Crippen molar-refractivity contribution in [2.45, 2.75) is 6.42 Å². The van der Waals surface area contributed by atoms with E-state index in [0.717, 1.165) is 11.0 Å². The molecule has 4 rings (SSSR count). The second kappa shape index (κ2) is 6.00. The number of amides is 1. The molecule has 24 heavy (non-hydrogen) atoms. The van der Waals surface area contributed by atoms with E-state index in [1.165, 1.54) is 0 Å². The maximum absolute atomic E-state index is 12.0. The van der Waals surface area contributed by atoms with Gasteiger partial charge in [-0.1, -0.05) is 29.4 Å². The Balaban J connectivity index is 1.49. The normalized spacial score (nSPS) is 10.8. The van der Waals surface area contributed by atoms with Gasteiger partial charge >= 0.3 is 0 Å². The Morgan fingerprint density at radius 1 is 1.04 bits per heavy atom. The number of aromatic nitrogens is 2. The fourth-order valence-electron chi connectivity index (χ4n) is 2.40. The highest BCUT2D eigenvalue weighted by molar-refractivity contribution is 5.91. The first-order valence-electron chi connectivity index (χ1n) is 7.43. The molecule has 4 aromatic rings. The summed E-state index contributed by atoms with van der Waals surface area (Å²) in [7, 11) is 0. The standard InChI is InChI=1S/C18H13N3O3/c22-18(20-17-7-3-4-8-19-17)11-13-10-16(24-21-13)15-9-12-5-1-2-6-14(12)23-15/h1-10H,11H2,(H,19,20,22). The van der Waals surface area contributed by atoms with Crippen LogP contribution in [0.4, 0.5) is 5.82 Å². The molecule has 1 aromatic carbocycles. The number of carbonyl (C=O) groups is 1. The van der Waals surface area contributed by atoms with Crippen molar-refractivity contribution in [1.29, 1.82) is 0 Å². The first kappa shape index (κ1) is 14.2. The first-order chi connectivity index (χ1) is 11.8. The van der Waals surface area contributed by atoms with Crippen LogP contribution in [0.3, 0.4) is 0 Å². The largest absolute Gasteiger partial charge is 0.453 e. The summed E-state index contributed by atoms with van der Waals surface area (Å²) in [4.78, 5) is 16.1. The highest BCUT2D eigenvalue weighted by Gasteiger charge is 2.14. The van der Waals surface area contributed by atoms with Gasteiger partial charge in [0, 0.05) is 17.6 Å². The fraction of sp³-hybridized carbons (Fsp3) is 0.0556. The van der Waals surface area contributed by atoms with E-state index in [1.807, 2.05) is 30.3 Å². The van der Waals surface area contributed by atoms with E-state index >= 15 is 0 Å². The van der Waals surface area contributed by atoms with Crippen LogP contribution in [0.1, 0.15) is 5.69 Å². The molecule has 0 atom stereocenters. The molecule has 0 aliphatic carbocycles. The molecule has 118 valence electrons. The molecular weight excluding hydrogens is 306 g/mol. The highest BCUT2D eigenvalue weighted by Crippen LogP contribution is 2.28. The molecule has 0 spiro atoms. The van der Waals surface area contributed by atoms with Gasteiger partial charge in [0.2, 0.25) is 11.7 Å². The molecule has 0 aliphatic heterocycles. The lowest BCUT2D eigenvalue weighted by Gasteiger charge is -2.01. The van der Waals surface area contributed by atoms with E-state index < -0.39 is 0 Å². The van der Waals surface area contributed by atoms with Crippen molar-refractivity contribution in [1.82, 2.24) is 10.1 Å². The Morgan fingerprint density at radius 2 is 1.92 bits per heavy atom. The average Bonchev–Trinajstić information content (AvgIpc) is 3.22. The van der Waals surface area contributed by atoms with Gasteiger partial charge in [0.1, 0.15) is 11.4 Å². The molecule has 3 aromatic heterocycles. The molecule has 0 unspecified atom stereocenters. The summed E-state index contributed by atoms with van der Waals surface area (Å²) in [6, 6.07) is 16.6. The molecule has 6 nitrogen and oxygen atoms in total. The van der Waals surface area contributed by atoms with Gasteiger partial charge < -0.3 is 14.3 Å². The zero-order valence-electron chi connectivity index (χ0n) is 12.6. The average molecular weight is 319 g/mol. The molecule has 1 N–H and O–H groups in total. The van der Waals surface area contributed by atoms with Crippen LogP contribution in [0.5, 0.6) is 0 Å². The lowest BCUT2D eigenvalue weighted by molar-refractivity contribution is -0.115. The second-order valence-corrected chi connectivity index (χ2v) is 5.27. The molecule has 0 aliphatic rings. The molecule has 0 fully saturated rings. The Kier molecular flexibility index (Phi) is 3.55. The van der Waals surface area contributed by atoms with Gasteiger partial charge in [-0.3, -0.25) is 4.79 Å². The van der Waals surface area contributed by atoms with Gasteiger partial charge in [0.25, 0.3) is 0 Å². The van der Waals surface area contributed by atoms with Gasteiger partial charge in [-0.2, -0.15) is 0 Å². The number of hydrogen-bond acceptors (Lipinski definition) is 5. The molecule has 0 saturated carbocycles. The fourth-order valence-corrected chi connectivity index (χ4v) is 2.40. The lowest BCUT2D eigenvalue weighted by Crippen LogP contribution is -2.15. The number of nitrogens with one attached hydrogen (secondary N) is 1. The second-order valence-electron chi connectivity index (χ2n) is 5.27. The minimum absolute atomic E-state index is 0.0975. The number of fused-ring (bicyclic) bond motifs is 1. The Morgan fingerprint density at radius 3 is 2.75 bits per heavy atom. The maximum Gasteiger partial charge on any atom is 0.231 e. The van der Waals surface area contributed by atoms with Crippen LogP contribution in [-0.4, -0.2) is 16.0 Å². The predicted molar refractivity (Wildman–Crippen MR) is 88.3 cm³/mol. The van der Waals surface area contributed by atoms with E-state index in [4.69, 9.17) is 8.94 Å². The van der Waals surface area contributed by atoms with Crippen molar-refractivity contribution in [3.63, 3.8) is 0 Å². The molecule has 0 bridgehead atoms. The van der Waals surface area contributed by atoms with Crippen LogP contribution in [0.25, 0.3) is 22.5 Å². The summed E-state index contributed by atoms with van der Waals surface area (Å²) >= 11 is 0. The summed E-state index contributed by atoms with van der Waals surface area (Å²) in [5.41, 5.74) is 1.30. The predicted octanol–water partition coefficient (Wildman–Crippen LogP) is 3.66. The molecule has 1 amide bonds.